The Balaban J connectivity index is 1.13. The van der Waals surface area contributed by atoms with Gasteiger partial charge in [0.2, 0.25) is 0 Å². The number of para-hydroxylation sites is 1. The third-order valence-electron chi connectivity index (χ3n) is 8.32. The number of carbonyl (C=O) groups excluding carboxylic acids is 1. The summed E-state index contributed by atoms with van der Waals surface area (Å²) in [6.07, 6.45) is -0.613. The minimum absolute atomic E-state index is 0.0195. The molecule has 9 nitrogen and oxygen atoms in total. The Labute approximate surface area is 263 Å². The average molecular weight is 610 g/mol. The summed E-state index contributed by atoms with van der Waals surface area (Å²) >= 11 is 0. The quantitative estimate of drug-likeness (QED) is 0.172. The predicted molar refractivity (Wildman–Crippen MR) is 172 cm³/mol. The maximum absolute atomic E-state index is 12.9. The number of aliphatic hydroxyl groups excluding tert-OH is 2. The van der Waals surface area contributed by atoms with Crippen LogP contribution in [-0.2, 0) is 16.1 Å². The van der Waals surface area contributed by atoms with E-state index in [9.17, 15) is 15.0 Å². The molecule has 0 unspecified atom stereocenters. The second-order valence-electron chi connectivity index (χ2n) is 11.7. The van der Waals surface area contributed by atoms with E-state index in [1.54, 1.807) is 24.3 Å². The number of β-amino-alcohol motifs (C(OH)–C–C–N with tert-alkyl or cyclic N) is 1. The van der Waals surface area contributed by atoms with Crippen molar-refractivity contribution in [2.24, 2.45) is 5.92 Å². The van der Waals surface area contributed by atoms with Crippen LogP contribution >= 0.6 is 0 Å². The van der Waals surface area contributed by atoms with Gasteiger partial charge in [-0.1, -0.05) is 61.5 Å². The highest BCUT2D eigenvalue weighted by molar-refractivity contribution is 5.99. The van der Waals surface area contributed by atoms with Gasteiger partial charge in [-0.15, -0.1) is 0 Å². The summed E-state index contributed by atoms with van der Waals surface area (Å²) in [7, 11) is 0. The largest absolute Gasteiger partial charge is 0.457 e. The highest BCUT2D eigenvalue weighted by Crippen LogP contribution is 2.42. The smallest absolute Gasteiger partial charge is 0.323 e. The molecular weight excluding hydrogens is 570 g/mol. The van der Waals surface area contributed by atoms with E-state index in [-0.39, 0.29) is 36.9 Å². The molecule has 2 saturated heterocycles. The van der Waals surface area contributed by atoms with Crippen molar-refractivity contribution in [3.05, 3.63) is 120 Å². The Morgan fingerprint density at radius 2 is 1.60 bits per heavy atom. The number of likely N-dealkylation sites (tertiary alicyclic amines) is 1. The van der Waals surface area contributed by atoms with Gasteiger partial charge >= 0.3 is 6.03 Å². The minimum Gasteiger partial charge on any atom is -0.457 e. The molecule has 2 aliphatic rings. The van der Waals surface area contributed by atoms with E-state index in [2.05, 4.69) is 22.5 Å². The van der Waals surface area contributed by atoms with E-state index in [1.165, 1.54) is 0 Å². The van der Waals surface area contributed by atoms with Crippen LogP contribution < -0.4 is 15.4 Å². The first-order valence-electron chi connectivity index (χ1n) is 15.4. The third kappa shape index (κ3) is 7.89. The van der Waals surface area contributed by atoms with Crippen molar-refractivity contribution < 1.29 is 29.2 Å². The molecular formula is C36H39N3O6. The maximum Gasteiger partial charge on any atom is 0.323 e. The standard InChI is InChI=1S/C36H39N3O6/c1-24-33(22-39-19-18-30(41)21-39)44-35(45-34(24)26-12-10-25(23-40)11-13-26)27-6-5-7-29(20-27)38-36(42)37-28-14-16-32(17-15-28)43-31-8-3-2-4-9-31/h2-17,20,24,30,33-35,40-41H,18-19,21-23H2,1H3,(H2,37,38,42)/t24-,30+,33+,34+,35+/m1/s1. The summed E-state index contributed by atoms with van der Waals surface area (Å²) in [5.41, 5.74) is 3.86. The van der Waals surface area contributed by atoms with Crippen LogP contribution in [0.15, 0.2) is 103 Å². The molecule has 2 aliphatic heterocycles. The van der Waals surface area contributed by atoms with Gasteiger partial charge in [0.25, 0.3) is 0 Å². The fourth-order valence-electron chi connectivity index (χ4n) is 5.85. The Hall–Kier alpha value is -4.25. The van der Waals surface area contributed by atoms with Crippen LogP contribution in [0.25, 0.3) is 0 Å². The number of hydrogen-bond donors (Lipinski definition) is 4. The van der Waals surface area contributed by atoms with E-state index in [4.69, 9.17) is 14.2 Å². The van der Waals surface area contributed by atoms with Gasteiger partial charge in [-0.05, 0) is 66.1 Å². The van der Waals surface area contributed by atoms with E-state index < -0.39 is 6.29 Å². The number of nitrogens with zero attached hydrogens (tertiary/aromatic N) is 1. The Bertz CT molecular complexity index is 1550. The van der Waals surface area contributed by atoms with Gasteiger partial charge in [-0.3, -0.25) is 4.90 Å². The lowest BCUT2D eigenvalue weighted by Crippen LogP contribution is -2.44. The first-order chi connectivity index (χ1) is 21.9. The van der Waals surface area contributed by atoms with E-state index >= 15 is 0 Å². The molecule has 2 heterocycles. The normalized spacial score (nSPS) is 23.4. The van der Waals surface area contributed by atoms with Crippen molar-refractivity contribution in [2.75, 3.05) is 30.3 Å². The minimum atomic E-state index is -0.664. The molecule has 0 aliphatic carbocycles. The fourth-order valence-corrected chi connectivity index (χ4v) is 5.85. The topological polar surface area (TPSA) is 113 Å². The first-order valence-corrected chi connectivity index (χ1v) is 15.4. The van der Waals surface area contributed by atoms with Crippen LogP contribution in [0.4, 0.5) is 16.2 Å². The molecule has 0 aromatic heterocycles. The van der Waals surface area contributed by atoms with Gasteiger partial charge in [0.1, 0.15) is 11.5 Å². The molecule has 234 valence electrons. The molecule has 0 radical (unpaired) electrons. The second kappa shape index (κ2) is 14.2. The van der Waals surface area contributed by atoms with Crippen molar-refractivity contribution in [2.45, 2.75) is 44.6 Å². The van der Waals surface area contributed by atoms with Crippen LogP contribution in [-0.4, -0.2) is 53.0 Å². The number of urea groups is 1. The molecule has 6 rings (SSSR count). The fraction of sp³-hybridized carbons (Fsp3) is 0.306. The molecule has 45 heavy (non-hydrogen) atoms. The monoisotopic (exact) mass is 609 g/mol. The van der Waals surface area contributed by atoms with Gasteiger partial charge < -0.3 is 35.1 Å². The summed E-state index contributed by atoms with van der Waals surface area (Å²) in [5.74, 6) is 1.45. The number of anilines is 2. The Morgan fingerprint density at radius 1 is 0.867 bits per heavy atom. The maximum atomic E-state index is 12.9. The zero-order valence-corrected chi connectivity index (χ0v) is 25.2. The molecule has 5 atom stereocenters. The van der Waals surface area contributed by atoms with Crippen molar-refractivity contribution in [3.63, 3.8) is 0 Å². The Kier molecular flexibility index (Phi) is 9.73. The van der Waals surface area contributed by atoms with Crippen molar-refractivity contribution in [1.29, 1.82) is 0 Å². The molecule has 9 heteroatoms. The zero-order chi connectivity index (χ0) is 31.2. The number of carbonyl (C=O) groups is 1. The molecule has 2 amide bonds. The van der Waals surface area contributed by atoms with E-state index in [0.717, 1.165) is 35.4 Å². The lowest BCUT2D eigenvalue weighted by atomic mass is 9.90. The summed E-state index contributed by atoms with van der Waals surface area (Å²) in [5, 5.41) is 25.4. The van der Waals surface area contributed by atoms with Crippen LogP contribution in [0.5, 0.6) is 11.5 Å². The van der Waals surface area contributed by atoms with Crippen molar-refractivity contribution in [3.8, 4) is 11.5 Å². The number of amides is 2. The number of ether oxygens (including phenoxy) is 3. The van der Waals surface area contributed by atoms with Gasteiger partial charge in [0.15, 0.2) is 6.29 Å². The van der Waals surface area contributed by atoms with Crippen molar-refractivity contribution >= 4 is 17.4 Å². The summed E-state index contributed by atoms with van der Waals surface area (Å²) in [6, 6.07) is 31.6. The summed E-state index contributed by atoms with van der Waals surface area (Å²) < 4.78 is 19.0. The average Bonchev–Trinajstić information content (AvgIpc) is 3.47. The van der Waals surface area contributed by atoms with Crippen LogP contribution in [0, 0.1) is 5.92 Å². The van der Waals surface area contributed by atoms with E-state index in [0.29, 0.717) is 30.2 Å². The molecule has 0 spiro atoms. The number of benzene rings is 4. The van der Waals surface area contributed by atoms with Crippen LogP contribution in [0.3, 0.4) is 0 Å². The molecule has 4 aromatic carbocycles. The Morgan fingerprint density at radius 3 is 2.31 bits per heavy atom. The number of aliphatic hydroxyl groups is 2. The molecule has 0 bridgehead atoms. The SMILES string of the molecule is C[C@@H]1[C@H](CN2CC[C@H](O)C2)O[C@H](c2cccc(NC(=O)Nc3ccc(Oc4ccccc4)cc3)c2)O[C@@H]1c1ccc(CO)cc1. The molecule has 0 saturated carbocycles. The lowest BCUT2D eigenvalue weighted by Gasteiger charge is -2.42. The van der Waals surface area contributed by atoms with Gasteiger partial charge in [-0.2, -0.15) is 0 Å². The molecule has 4 aromatic rings. The predicted octanol–water partition coefficient (Wildman–Crippen LogP) is 6.47. The van der Waals surface area contributed by atoms with Crippen molar-refractivity contribution in [1.82, 2.24) is 4.90 Å². The van der Waals surface area contributed by atoms with Crippen LogP contribution in [0.1, 0.15) is 42.4 Å². The first kappa shape index (κ1) is 30.8. The highest BCUT2D eigenvalue weighted by Gasteiger charge is 2.40. The van der Waals surface area contributed by atoms with Gasteiger partial charge in [0, 0.05) is 42.5 Å². The molecule has 4 N–H and O–H groups in total. The van der Waals surface area contributed by atoms with E-state index in [1.807, 2.05) is 78.9 Å². The van der Waals surface area contributed by atoms with Gasteiger partial charge in [0.05, 0.1) is 24.9 Å². The number of rotatable bonds is 9. The van der Waals surface area contributed by atoms with Crippen LogP contribution in [0.2, 0.25) is 0 Å². The summed E-state index contributed by atoms with van der Waals surface area (Å²) in [6.45, 7) is 4.24. The number of hydrogen-bond acceptors (Lipinski definition) is 7. The highest BCUT2D eigenvalue weighted by atomic mass is 16.7. The number of nitrogens with one attached hydrogen (secondary N) is 2. The second-order valence-corrected chi connectivity index (χ2v) is 11.7. The zero-order valence-electron chi connectivity index (χ0n) is 25.2. The third-order valence-corrected chi connectivity index (χ3v) is 8.32. The summed E-state index contributed by atoms with van der Waals surface area (Å²) in [4.78, 5) is 15.1. The van der Waals surface area contributed by atoms with Gasteiger partial charge in [-0.25, -0.2) is 4.79 Å². The lowest BCUT2D eigenvalue weighted by molar-refractivity contribution is -0.276. The molecule has 2 fully saturated rings.